The highest BCUT2D eigenvalue weighted by Gasteiger charge is 2.31. The number of halogens is 1. The number of carbonyl (C=O) groups excluding carboxylic acids is 2. The van der Waals surface area contributed by atoms with Crippen LogP contribution in [0.2, 0.25) is 0 Å². The van der Waals surface area contributed by atoms with Crippen molar-refractivity contribution in [1.82, 2.24) is 24.4 Å². The van der Waals surface area contributed by atoms with Gasteiger partial charge in [0.1, 0.15) is 6.17 Å². The minimum Gasteiger partial charge on any atom is -0.492 e. The van der Waals surface area contributed by atoms with Gasteiger partial charge in [-0.25, -0.2) is 4.39 Å². The van der Waals surface area contributed by atoms with E-state index in [9.17, 15) is 23.9 Å². The molecular formula is C22H29FN6O4. The predicted molar refractivity (Wildman–Crippen MR) is 121 cm³/mol. The Balaban J connectivity index is 1.84. The number of nitrogens with one attached hydrogen (secondary N) is 2. The molecule has 2 amide bonds. The zero-order valence-corrected chi connectivity index (χ0v) is 19.0. The van der Waals surface area contributed by atoms with Crippen LogP contribution >= 0.6 is 0 Å². The first kappa shape index (κ1) is 22.8. The van der Waals surface area contributed by atoms with Gasteiger partial charge in [-0.15, -0.1) is 5.10 Å². The fourth-order valence-corrected chi connectivity index (χ4v) is 4.00. The topological polar surface area (TPSA) is 121 Å². The van der Waals surface area contributed by atoms with Crippen molar-refractivity contribution in [3.05, 3.63) is 27.6 Å². The molecule has 1 saturated heterocycles. The van der Waals surface area contributed by atoms with Gasteiger partial charge in [0.15, 0.2) is 17.0 Å². The van der Waals surface area contributed by atoms with E-state index in [0.717, 1.165) is 17.4 Å². The van der Waals surface area contributed by atoms with Gasteiger partial charge in [-0.3, -0.25) is 19.0 Å². The van der Waals surface area contributed by atoms with Gasteiger partial charge in [-0.1, -0.05) is 13.8 Å². The van der Waals surface area contributed by atoms with Gasteiger partial charge in [0.2, 0.25) is 11.8 Å². The predicted octanol–water partition coefficient (Wildman–Crippen LogP) is 1.38. The van der Waals surface area contributed by atoms with E-state index in [2.05, 4.69) is 15.7 Å². The number of rotatable bonds is 7. The van der Waals surface area contributed by atoms with Crippen LogP contribution in [0.5, 0.6) is 5.88 Å². The average molecular weight is 461 g/mol. The largest absolute Gasteiger partial charge is 0.492 e. The molecule has 1 saturated carbocycles. The normalized spacial score (nSPS) is 18.6. The van der Waals surface area contributed by atoms with Gasteiger partial charge in [0, 0.05) is 32.3 Å². The van der Waals surface area contributed by atoms with Gasteiger partial charge in [0.25, 0.3) is 11.5 Å². The fourth-order valence-electron chi connectivity index (χ4n) is 4.00. The number of nitrogens with zero attached hydrogens (tertiary/aromatic N) is 4. The van der Waals surface area contributed by atoms with Gasteiger partial charge in [-0.2, -0.15) is 4.52 Å². The van der Waals surface area contributed by atoms with Crippen molar-refractivity contribution in [1.29, 1.82) is 0 Å². The molecule has 1 aliphatic heterocycles. The number of amides is 2. The lowest BCUT2D eigenvalue weighted by Gasteiger charge is -2.15. The number of carbonyl (C=O) groups is 2. The van der Waals surface area contributed by atoms with Crippen molar-refractivity contribution in [2.24, 2.45) is 5.92 Å². The zero-order valence-electron chi connectivity index (χ0n) is 19.0. The number of hydrogen-bond acceptors (Lipinski definition) is 6. The van der Waals surface area contributed by atoms with Crippen LogP contribution in [0.25, 0.3) is 11.7 Å². The second kappa shape index (κ2) is 8.87. The molecule has 0 bridgehead atoms. The quantitative estimate of drug-likeness (QED) is 0.537. The number of fused-ring (bicyclic) bond motifs is 1. The fraction of sp³-hybridized carbons (Fsp3) is 0.545. The van der Waals surface area contributed by atoms with Crippen LogP contribution < -0.4 is 16.2 Å². The van der Waals surface area contributed by atoms with Gasteiger partial charge in [0.05, 0.1) is 12.1 Å². The van der Waals surface area contributed by atoms with Crippen LogP contribution in [-0.4, -0.2) is 68.4 Å². The Labute approximate surface area is 190 Å². The molecule has 1 aliphatic carbocycles. The second-order valence-corrected chi connectivity index (χ2v) is 9.01. The highest BCUT2D eigenvalue weighted by molar-refractivity contribution is 5.97. The zero-order chi connectivity index (χ0) is 23.9. The summed E-state index contributed by atoms with van der Waals surface area (Å²) >= 11 is 0. The molecule has 2 aromatic rings. The van der Waals surface area contributed by atoms with E-state index in [1.165, 1.54) is 21.6 Å². The number of aromatic hydroxyl groups is 1. The minimum absolute atomic E-state index is 0.00930. The molecule has 1 atom stereocenters. The summed E-state index contributed by atoms with van der Waals surface area (Å²) in [7, 11) is 1.62. The number of aromatic nitrogens is 3. The summed E-state index contributed by atoms with van der Waals surface area (Å²) in [6.07, 6.45) is 3.77. The molecule has 1 unspecified atom stereocenters. The van der Waals surface area contributed by atoms with Crippen LogP contribution in [0.3, 0.4) is 0 Å². The van der Waals surface area contributed by atoms with Crippen molar-refractivity contribution in [3.63, 3.8) is 0 Å². The maximum atomic E-state index is 13.5. The average Bonchev–Trinajstić information content (AvgIpc) is 3.33. The highest BCUT2D eigenvalue weighted by atomic mass is 19.1. The molecule has 0 radical (unpaired) electrons. The van der Waals surface area contributed by atoms with E-state index >= 15 is 0 Å². The van der Waals surface area contributed by atoms with Crippen LogP contribution in [0.15, 0.2) is 10.9 Å². The lowest BCUT2D eigenvalue weighted by atomic mass is 10.2. The second-order valence-electron chi connectivity index (χ2n) is 9.01. The summed E-state index contributed by atoms with van der Waals surface area (Å²) in [4.78, 5) is 40.0. The summed E-state index contributed by atoms with van der Waals surface area (Å²) in [6, 6.07) is 0.00930. The first-order valence-corrected chi connectivity index (χ1v) is 11.2. The van der Waals surface area contributed by atoms with E-state index in [1.54, 1.807) is 7.05 Å². The summed E-state index contributed by atoms with van der Waals surface area (Å²) in [6.45, 7) is 4.51. The van der Waals surface area contributed by atoms with E-state index in [-0.39, 0.29) is 42.2 Å². The van der Waals surface area contributed by atoms with Crippen molar-refractivity contribution >= 4 is 29.4 Å². The molecule has 3 N–H and O–H groups in total. The molecule has 2 aromatic heterocycles. The Morgan fingerprint density at radius 3 is 2.61 bits per heavy atom. The van der Waals surface area contributed by atoms with Crippen molar-refractivity contribution in [2.45, 2.75) is 51.9 Å². The molecule has 33 heavy (non-hydrogen) atoms. The molecule has 2 aliphatic rings. The number of hydrogen-bond donors (Lipinski definition) is 3. The minimum atomic E-state index is -1.03. The van der Waals surface area contributed by atoms with E-state index in [4.69, 9.17) is 0 Å². The summed E-state index contributed by atoms with van der Waals surface area (Å²) in [5, 5.41) is 20.9. The maximum Gasteiger partial charge on any atom is 0.270 e. The van der Waals surface area contributed by atoms with Gasteiger partial charge in [-0.05, 0) is 31.3 Å². The Morgan fingerprint density at radius 2 is 2.03 bits per heavy atom. The van der Waals surface area contributed by atoms with Crippen LogP contribution in [0.4, 0.5) is 10.2 Å². The Hall–Kier alpha value is -3.37. The first-order valence-electron chi connectivity index (χ1n) is 11.2. The number of likely N-dealkylation sites (tertiary alicyclic amines) is 1. The van der Waals surface area contributed by atoms with E-state index in [0.29, 0.717) is 24.3 Å². The lowest BCUT2D eigenvalue weighted by molar-refractivity contribution is -0.125. The van der Waals surface area contributed by atoms with Gasteiger partial charge < -0.3 is 20.6 Å². The SMILES string of the molecule is CNc1nn2c(O)c(C(=O)NC3CC3)c(=O)n(CC(C)C)c2c1C=CC(=O)N1CCC(F)C1. The van der Waals surface area contributed by atoms with Crippen LogP contribution in [0, 0.1) is 5.92 Å². The van der Waals surface area contributed by atoms with E-state index < -0.39 is 23.5 Å². The highest BCUT2D eigenvalue weighted by Crippen LogP contribution is 2.28. The third kappa shape index (κ3) is 4.44. The molecule has 3 heterocycles. The number of alkyl halides is 1. The first-order chi connectivity index (χ1) is 15.7. The molecular weight excluding hydrogens is 431 g/mol. The smallest absolute Gasteiger partial charge is 0.270 e. The number of anilines is 1. The molecule has 0 spiro atoms. The Kier molecular flexibility index (Phi) is 6.13. The van der Waals surface area contributed by atoms with Gasteiger partial charge >= 0.3 is 0 Å². The standard InChI is InChI=1S/C22H29FN6O4/c1-12(2)10-28-20-15(6-7-16(30)27-9-8-13(23)11-27)18(24-3)26-29(20)22(33)17(21(28)32)19(31)25-14-4-5-14/h6-7,12-14,33H,4-5,8-11H2,1-3H3,(H,24,26)(H,25,31). The third-order valence-electron chi connectivity index (χ3n) is 5.79. The Morgan fingerprint density at radius 1 is 1.30 bits per heavy atom. The summed E-state index contributed by atoms with van der Waals surface area (Å²) in [5.41, 5.74) is -0.329. The van der Waals surface area contributed by atoms with E-state index in [1.807, 2.05) is 13.8 Å². The van der Waals surface area contributed by atoms with Crippen LogP contribution in [-0.2, 0) is 11.3 Å². The monoisotopic (exact) mass is 460 g/mol. The maximum absolute atomic E-state index is 13.5. The molecule has 178 valence electrons. The molecule has 0 aromatic carbocycles. The molecule has 4 rings (SSSR count). The molecule has 10 nitrogen and oxygen atoms in total. The molecule has 2 fully saturated rings. The van der Waals surface area contributed by atoms with Crippen molar-refractivity contribution in [3.8, 4) is 5.88 Å². The molecule has 11 heteroatoms. The van der Waals surface area contributed by atoms with Crippen molar-refractivity contribution in [2.75, 3.05) is 25.5 Å². The summed E-state index contributed by atoms with van der Waals surface area (Å²) < 4.78 is 16.0. The van der Waals surface area contributed by atoms with Crippen LogP contribution in [0.1, 0.15) is 49.0 Å². The third-order valence-corrected chi connectivity index (χ3v) is 5.79. The lowest BCUT2D eigenvalue weighted by Crippen LogP contribution is -2.36. The Bertz CT molecular complexity index is 1180. The summed E-state index contributed by atoms with van der Waals surface area (Å²) in [5.74, 6) is -1.18. The van der Waals surface area contributed by atoms with Crippen molar-refractivity contribution < 1.29 is 19.1 Å².